The van der Waals surface area contributed by atoms with Crippen LogP contribution in [0.4, 0.5) is 11.6 Å². The van der Waals surface area contributed by atoms with Crippen LogP contribution in [0.2, 0.25) is 0 Å². The van der Waals surface area contributed by atoms with Gasteiger partial charge < -0.3 is 15.4 Å². The maximum Gasteiger partial charge on any atom is 0.158 e. The molecule has 0 amide bonds. The predicted octanol–water partition coefficient (Wildman–Crippen LogP) is 3.43. The Labute approximate surface area is 133 Å². The molecule has 0 aliphatic rings. The van der Waals surface area contributed by atoms with Crippen molar-refractivity contribution < 1.29 is 4.74 Å². The average molecular weight is 351 g/mol. The summed E-state index contributed by atoms with van der Waals surface area (Å²) in [5.74, 6) is 2.24. The number of nitrogens with one attached hydrogen (secondary N) is 2. The molecule has 0 fully saturated rings. The van der Waals surface area contributed by atoms with Crippen molar-refractivity contribution in [1.29, 1.82) is 0 Å². The molecular formula is C15H19BrN4O. The lowest BCUT2D eigenvalue weighted by Gasteiger charge is -2.11. The summed E-state index contributed by atoms with van der Waals surface area (Å²) >= 11 is 3.54. The first kappa shape index (κ1) is 15.7. The zero-order chi connectivity index (χ0) is 15.1. The summed E-state index contributed by atoms with van der Waals surface area (Å²) in [6, 6.07) is 10.0. The molecule has 1 aromatic carbocycles. The first-order valence-electron chi connectivity index (χ1n) is 6.81. The van der Waals surface area contributed by atoms with Gasteiger partial charge in [0.2, 0.25) is 0 Å². The van der Waals surface area contributed by atoms with E-state index in [4.69, 9.17) is 4.74 Å². The number of anilines is 2. The normalized spacial score (nSPS) is 10.4. The highest BCUT2D eigenvalue weighted by molar-refractivity contribution is 9.10. The van der Waals surface area contributed by atoms with Crippen LogP contribution in [0, 0.1) is 0 Å². The molecule has 1 aromatic heterocycles. The molecule has 1 heterocycles. The van der Waals surface area contributed by atoms with E-state index in [0.717, 1.165) is 22.7 Å². The molecule has 5 nitrogen and oxygen atoms in total. The molecule has 2 rings (SSSR count). The fraction of sp³-hybridized carbons (Fsp3) is 0.333. The smallest absolute Gasteiger partial charge is 0.158 e. The Bertz CT molecular complexity index is 567. The van der Waals surface area contributed by atoms with E-state index in [9.17, 15) is 0 Å². The molecule has 0 unspecified atom stereocenters. The highest BCUT2D eigenvalue weighted by Crippen LogP contribution is 2.18. The van der Waals surface area contributed by atoms with Crippen LogP contribution in [0.25, 0.3) is 0 Å². The van der Waals surface area contributed by atoms with Crippen molar-refractivity contribution in [3.8, 4) is 0 Å². The number of ether oxygens (including phenoxy) is 1. The Morgan fingerprint density at radius 1 is 1.14 bits per heavy atom. The van der Waals surface area contributed by atoms with E-state index in [0.29, 0.717) is 19.0 Å². The van der Waals surface area contributed by atoms with Crippen molar-refractivity contribution in [2.75, 3.05) is 24.3 Å². The van der Waals surface area contributed by atoms with E-state index in [2.05, 4.69) is 42.6 Å². The van der Waals surface area contributed by atoms with Crippen molar-refractivity contribution in [1.82, 2.24) is 9.97 Å². The van der Waals surface area contributed by atoms with E-state index >= 15 is 0 Å². The molecule has 0 radical (unpaired) electrons. The Kier molecular flexibility index (Phi) is 5.95. The highest BCUT2D eigenvalue weighted by atomic mass is 79.9. The van der Waals surface area contributed by atoms with E-state index in [1.165, 1.54) is 5.56 Å². The van der Waals surface area contributed by atoms with Crippen LogP contribution in [-0.2, 0) is 17.9 Å². The van der Waals surface area contributed by atoms with E-state index in [1.54, 1.807) is 7.11 Å². The van der Waals surface area contributed by atoms with Crippen molar-refractivity contribution in [3.63, 3.8) is 0 Å². The third-order valence-corrected chi connectivity index (χ3v) is 3.60. The molecule has 0 aliphatic carbocycles. The summed E-state index contributed by atoms with van der Waals surface area (Å²) in [7, 11) is 1.64. The fourth-order valence-corrected chi connectivity index (χ4v) is 2.31. The molecule has 2 aromatic rings. The predicted molar refractivity (Wildman–Crippen MR) is 88.4 cm³/mol. The largest absolute Gasteiger partial charge is 0.377 e. The second kappa shape index (κ2) is 7.95. The number of hydrogen-bond acceptors (Lipinski definition) is 5. The molecule has 0 saturated heterocycles. The molecule has 0 saturated carbocycles. The standard InChI is InChI=1S/C15H19BrN4O/c1-3-17-13-8-14(20-15(19-13)10-21-2)18-9-11-6-4-5-7-12(11)16/h4-8H,3,9-10H2,1-2H3,(H2,17,18,19,20). The molecule has 0 bridgehead atoms. The zero-order valence-electron chi connectivity index (χ0n) is 12.2. The average Bonchev–Trinajstić information content (AvgIpc) is 2.47. The van der Waals surface area contributed by atoms with E-state index in [-0.39, 0.29) is 0 Å². The molecule has 112 valence electrons. The van der Waals surface area contributed by atoms with Gasteiger partial charge in [0.05, 0.1) is 0 Å². The minimum Gasteiger partial charge on any atom is -0.377 e. The maximum absolute atomic E-state index is 5.11. The van der Waals surface area contributed by atoms with Crippen LogP contribution >= 0.6 is 15.9 Å². The second-order valence-electron chi connectivity index (χ2n) is 4.46. The molecule has 6 heteroatoms. The van der Waals surface area contributed by atoms with Crippen LogP contribution in [0.3, 0.4) is 0 Å². The quantitative estimate of drug-likeness (QED) is 0.800. The second-order valence-corrected chi connectivity index (χ2v) is 5.32. The minimum absolute atomic E-state index is 0.392. The van der Waals surface area contributed by atoms with Gasteiger partial charge in [-0.15, -0.1) is 0 Å². The van der Waals surface area contributed by atoms with Crippen LogP contribution < -0.4 is 10.6 Å². The van der Waals surface area contributed by atoms with Crippen LogP contribution in [0.5, 0.6) is 0 Å². The molecular weight excluding hydrogens is 332 g/mol. The van der Waals surface area contributed by atoms with Crippen molar-refractivity contribution >= 4 is 27.6 Å². The minimum atomic E-state index is 0.392. The van der Waals surface area contributed by atoms with Crippen LogP contribution in [-0.4, -0.2) is 23.6 Å². The van der Waals surface area contributed by atoms with Crippen molar-refractivity contribution in [2.45, 2.75) is 20.1 Å². The Balaban J connectivity index is 2.13. The van der Waals surface area contributed by atoms with Crippen LogP contribution in [0.1, 0.15) is 18.3 Å². The third kappa shape index (κ3) is 4.68. The van der Waals surface area contributed by atoms with Gasteiger partial charge >= 0.3 is 0 Å². The van der Waals surface area contributed by atoms with Gasteiger partial charge in [0.15, 0.2) is 5.82 Å². The van der Waals surface area contributed by atoms with Gasteiger partial charge in [-0.05, 0) is 18.6 Å². The number of halogens is 1. The number of aromatic nitrogens is 2. The number of hydrogen-bond donors (Lipinski definition) is 2. The van der Waals surface area contributed by atoms with Gasteiger partial charge in [0.25, 0.3) is 0 Å². The summed E-state index contributed by atoms with van der Waals surface area (Å²) in [6.45, 7) is 3.93. The van der Waals surface area contributed by atoms with Gasteiger partial charge in [0.1, 0.15) is 18.2 Å². The molecule has 21 heavy (non-hydrogen) atoms. The van der Waals surface area contributed by atoms with Gasteiger partial charge in [0, 0.05) is 30.7 Å². The third-order valence-electron chi connectivity index (χ3n) is 2.82. The highest BCUT2D eigenvalue weighted by Gasteiger charge is 2.05. The topological polar surface area (TPSA) is 59.1 Å². The molecule has 0 spiro atoms. The lowest BCUT2D eigenvalue weighted by Crippen LogP contribution is -2.09. The Morgan fingerprint density at radius 2 is 1.86 bits per heavy atom. The van der Waals surface area contributed by atoms with Gasteiger partial charge in [-0.1, -0.05) is 34.1 Å². The fourth-order valence-electron chi connectivity index (χ4n) is 1.88. The van der Waals surface area contributed by atoms with Crippen LogP contribution in [0.15, 0.2) is 34.8 Å². The van der Waals surface area contributed by atoms with Gasteiger partial charge in [-0.2, -0.15) is 0 Å². The summed E-state index contributed by atoms with van der Waals surface area (Å²) < 4.78 is 6.19. The lowest BCUT2D eigenvalue weighted by molar-refractivity contribution is 0.178. The summed E-state index contributed by atoms with van der Waals surface area (Å²) in [5.41, 5.74) is 1.18. The monoisotopic (exact) mass is 350 g/mol. The number of methoxy groups -OCH3 is 1. The maximum atomic E-state index is 5.11. The lowest BCUT2D eigenvalue weighted by atomic mass is 10.2. The Hall–Kier alpha value is -1.66. The first-order chi connectivity index (χ1) is 10.2. The molecule has 0 atom stereocenters. The molecule has 2 N–H and O–H groups in total. The first-order valence-corrected chi connectivity index (χ1v) is 7.60. The Morgan fingerprint density at radius 3 is 2.52 bits per heavy atom. The number of rotatable bonds is 7. The van der Waals surface area contributed by atoms with Gasteiger partial charge in [-0.3, -0.25) is 0 Å². The van der Waals surface area contributed by atoms with E-state index < -0.39 is 0 Å². The molecule has 0 aliphatic heterocycles. The number of benzene rings is 1. The summed E-state index contributed by atoms with van der Waals surface area (Å²) in [6.07, 6.45) is 0. The summed E-state index contributed by atoms with van der Waals surface area (Å²) in [5, 5.41) is 6.52. The van der Waals surface area contributed by atoms with Crippen molar-refractivity contribution in [2.24, 2.45) is 0 Å². The zero-order valence-corrected chi connectivity index (χ0v) is 13.8. The SMILES string of the molecule is CCNc1cc(NCc2ccccc2Br)nc(COC)n1. The van der Waals surface area contributed by atoms with Gasteiger partial charge in [-0.25, -0.2) is 9.97 Å². The van der Waals surface area contributed by atoms with E-state index in [1.807, 2.05) is 31.2 Å². The number of nitrogens with zero attached hydrogens (tertiary/aromatic N) is 2. The van der Waals surface area contributed by atoms with Crippen molar-refractivity contribution in [3.05, 3.63) is 46.2 Å². The summed E-state index contributed by atoms with van der Waals surface area (Å²) in [4.78, 5) is 8.84.